The van der Waals surface area contributed by atoms with Gasteiger partial charge in [0.1, 0.15) is 23.0 Å². The van der Waals surface area contributed by atoms with Gasteiger partial charge in [0.05, 0.1) is 0 Å². The second kappa shape index (κ2) is 6.48. The van der Waals surface area contributed by atoms with Gasteiger partial charge in [-0.15, -0.1) is 0 Å². The lowest BCUT2D eigenvalue weighted by Gasteiger charge is -2.22. The lowest BCUT2D eigenvalue weighted by molar-refractivity contribution is -0.156. The van der Waals surface area contributed by atoms with Crippen LogP contribution in [0.15, 0.2) is 24.3 Å². The maximum Gasteiger partial charge on any atom is 0.323 e. The standard InChI is InChI=1S/C17H27NO3/c1-16(2,3)20-13-9-7-12(8-10-13)11-14(18)15(19)21-17(4,5)6/h7-10,14H,11,18H2,1-6H3/t14-/m0/s1/i7+1,8+1,9+1,10+1,11+1,12+1,13+1,14+1,15+1. The molecule has 2 N–H and O–H groups in total. The van der Waals surface area contributed by atoms with Crippen molar-refractivity contribution < 1.29 is 14.3 Å². The third-order valence-electron chi connectivity index (χ3n) is 2.51. The normalized spacial score (nSPS) is 13.7. The average Bonchev–Trinajstić information content (AvgIpc) is 2.27. The zero-order valence-electron chi connectivity index (χ0n) is 13.9. The summed E-state index contributed by atoms with van der Waals surface area (Å²) in [6, 6.07) is 6.97. The van der Waals surface area contributed by atoms with Crippen molar-refractivity contribution in [1.82, 2.24) is 0 Å². The van der Waals surface area contributed by atoms with Crippen LogP contribution in [0.5, 0.6) is 5.75 Å². The molecule has 0 aliphatic heterocycles. The molecule has 0 radical (unpaired) electrons. The number of hydrogen-bond acceptors (Lipinski definition) is 4. The van der Waals surface area contributed by atoms with E-state index in [9.17, 15) is 4.79 Å². The van der Waals surface area contributed by atoms with Crippen molar-refractivity contribution in [3.05, 3.63) is 29.8 Å². The zero-order chi connectivity index (χ0) is 16.3. The van der Waals surface area contributed by atoms with Gasteiger partial charge < -0.3 is 15.2 Å². The van der Waals surface area contributed by atoms with E-state index < -0.39 is 11.6 Å². The van der Waals surface area contributed by atoms with Gasteiger partial charge in [-0.05, 0) is 65.7 Å². The molecule has 0 saturated heterocycles. The Morgan fingerprint density at radius 1 is 1.05 bits per heavy atom. The fraction of sp³-hybridized carbons (Fsp3) is 0.588. The lowest BCUT2D eigenvalue weighted by atomic mass is 10.2. The molecule has 4 heteroatoms. The van der Waals surface area contributed by atoms with Crippen molar-refractivity contribution in [2.24, 2.45) is 5.73 Å². The minimum Gasteiger partial charge on any atom is -0.488 e. The van der Waals surface area contributed by atoms with Crippen molar-refractivity contribution in [3.63, 3.8) is 0 Å². The molecule has 1 aromatic carbocycles. The number of esters is 1. The summed E-state index contributed by atoms with van der Waals surface area (Å²) < 4.78 is 11.0. The number of benzene rings is 1. The molecule has 0 aromatic heterocycles. The summed E-state index contributed by atoms with van der Waals surface area (Å²) in [7, 11) is 0. The predicted octanol–water partition coefficient (Wildman–Crippen LogP) is 3.08. The first-order chi connectivity index (χ1) is 9.46. The van der Waals surface area contributed by atoms with Gasteiger partial charge in [-0.25, -0.2) is 0 Å². The molecule has 21 heavy (non-hydrogen) atoms. The molecule has 118 valence electrons. The molecule has 0 saturated carbocycles. The smallest absolute Gasteiger partial charge is 0.323 e. The van der Waals surface area contributed by atoms with Crippen LogP contribution in [-0.2, 0) is 16.0 Å². The summed E-state index contributed by atoms with van der Waals surface area (Å²) in [4.78, 5) is 11.8. The number of nitrogens with two attached hydrogens (primary N) is 1. The van der Waals surface area contributed by atoms with E-state index in [-0.39, 0.29) is 11.6 Å². The van der Waals surface area contributed by atoms with Gasteiger partial charge in [-0.2, -0.15) is 0 Å². The van der Waals surface area contributed by atoms with Crippen LogP contribution in [0, 0.1) is 0 Å². The first-order valence-electron chi connectivity index (χ1n) is 7.23. The van der Waals surface area contributed by atoms with Crippen molar-refractivity contribution in [3.8, 4) is 5.75 Å². The van der Waals surface area contributed by atoms with E-state index in [1.165, 1.54) is 0 Å². The molecule has 0 aliphatic carbocycles. The van der Waals surface area contributed by atoms with Gasteiger partial charge in [0.25, 0.3) is 0 Å². The third-order valence-corrected chi connectivity index (χ3v) is 2.51. The maximum atomic E-state index is 11.8. The second-order valence-electron chi connectivity index (χ2n) is 7.20. The van der Waals surface area contributed by atoms with E-state index in [1.54, 1.807) is 0 Å². The Morgan fingerprint density at radius 3 is 2.00 bits per heavy atom. The molecular weight excluding hydrogens is 275 g/mol. The van der Waals surface area contributed by atoms with Crippen LogP contribution >= 0.6 is 0 Å². The Bertz CT molecular complexity index is 466. The quantitative estimate of drug-likeness (QED) is 0.686. The summed E-state index contributed by atoms with van der Waals surface area (Å²) in [5.74, 6) is 0.426. The maximum absolute atomic E-state index is 11.8. The van der Waals surface area contributed by atoms with Crippen LogP contribution in [0.4, 0.5) is 0 Å². The van der Waals surface area contributed by atoms with Gasteiger partial charge in [0.2, 0.25) is 0 Å². The van der Waals surface area contributed by atoms with Crippen molar-refractivity contribution in [2.75, 3.05) is 0 Å². The molecule has 1 atom stereocenters. The van der Waals surface area contributed by atoms with Gasteiger partial charge in [0, 0.05) is 0 Å². The average molecular weight is 302 g/mol. The number of hydrogen-bond donors (Lipinski definition) is 1. The molecular formula is C17H27NO3. The summed E-state index contributed by atoms with van der Waals surface area (Å²) in [6.07, 6.45) is 0.449. The summed E-state index contributed by atoms with van der Waals surface area (Å²) in [5.41, 5.74) is 6.13. The topological polar surface area (TPSA) is 61.5 Å². The van der Waals surface area contributed by atoms with Crippen LogP contribution in [-0.4, -0.2) is 23.2 Å². The minimum atomic E-state index is -0.654. The first kappa shape index (κ1) is 17.5. The van der Waals surface area contributed by atoms with E-state index in [1.807, 2.05) is 65.8 Å². The minimum absolute atomic E-state index is 0.228. The van der Waals surface area contributed by atoms with E-state index in [0.29, 0.717) is 6.42 Å². The van der Waals surface area contributed by atoms with Gasteiger partial charge in [-0.1, -0.05) is 12.1 Å². The molecule has 0 bridgehead atoms. The molecule has 0 aliphatic rings. The fourth-order valence-corrected chi connectivity index (χ4v) is 1.76. The van der Waals surface area contributed by atoms with Crippen LogP contribution in [0.2, 0.25) is 0 Å². The monoisotopic (exact) mass is 302 g/mol. The number of rotatable bonds is 4. The molecule has 1 aromatic rings. The Labute approximate surface area is 127 Å². The van der Waals surface area contributed by atoms with E-state index in [4.69, 9.17) is 15.2 Å². The van der Waals surface area contributed by atoms with Gasteiger partial charge >= 0.3 is 5.97 Å². The molecule has 0 spiro atoms. The van der Waals surface area contributed by atoms with Crippen LogP contribution < -0.4 is 10.5 Å². The van der Waals surface area contributed by atoms with Crippen LogP contribution in [0.1, 0.15) is 47.1 Å². The van der Waals surface area contributed by atoms with E-state index in [2.05, 4.69) is 0 Å². The van der Waals surface area contributed by atoms with Crippen molar-refractivity contribution >= 4 is 5.97 Å². The van der Waals surface area contributed by atoms with Gasteiger partial charge in [-0.3, -0.25) is 4.79 Å². The molecule has 0 heterocycles. The van der Waals surface area contributed by atoms with E-state index in [0.717, 1.165) is 11.3 Å². The van der Waals surface area contributed by atoms with Crippen LogP contribution in [0.3, 0.4) is 0 Å². The SMILES string of the molecule is CC(C)(C)O[13C](=O)[13C@@H](N)[13CH2][13c]1[13cH][13cH][13c](OC(C)(C)C)[13cH][13cH]1. The Hall–Kier alpha value is -1.55. The predicted molar refractivity (Wildman–Crippen MR) is 84.3 cm³/mol. The number of carbonyl (C=O) groups is 1. The second-order valence-corrected chi connectivity index (χ2v) is 7.20. The Morgan fingerprint density at radius 2 is 1.57 bits per heavy atom. The molecule has 1 rings (SSSR count). The highest BCUT2D eigenvalue weighted by atomic mass is 16.6. The molecule has 0 unspecified atom stereocenters. The molecule has 0 fully saturated rings. The number of ether oxygens (including phenoxy) is 2. The summed E-state index contributed by atoms with van der Waals surface area (Å²) in [5, 5.41) is 0. The molecule has 4 nitrogen and oxygen atoms in total. The summed E-state index contributed by atoms with van der Waals surface area (Å²) >= 11 is 0. The zero-order valence-corrected chi connectivity index (χ0v) is 13.9. The van der Waals surface area contributed by atoms with Gasteiger partial charge in [0.15, 0.2) is 0 Å². The van der Waals surface area contributed by atoms with Crippen LogP contribution in [0.25, 0.3) is 0 Å². The number of carbonyl (C=O) groups excluding carboxylic acids is 1. The van der Waals surface area contributed by atoms with E-state index >= 15 is 0 Å². The van der Waals surface area contributed by atoms with Crippen molar-refractivity contribution in [1.29, 1.82) is 0 Å². The highest BCUT2D eigenvalue weighted by Crippen LogP contribution is 2.19. The Balaban J connectivity index is 2.61. The lowest BCUT2D eigenvalue weighted by Crippen LogP contribution is -2.38. The molecule has 0 amide bonds. The fourth-order valence-electron chi connectivity index (χ4n) is 1.76. The largest absolute Gasteiger partial charge is 0.488 e. The first-order valence-corrected chi connectivity index (χ1v) is 7.23. The van der Waals surface area contributed by atoms with Crippen molar-refractivity contribution in [2.45, 2.75) is 65.2 Å². The summed E-state index contributed by atoms with van der Waals surface area (Å²) in [6.45, 7) is 11.5. The Kier molecular flexibility index (Phi) is 5.40. The highest BCUT2D eigenvalue weighted by molar-refractivity contribution is 5.76. The third kappa shape index (κ3) is 7.14. The highest BCUT2D eigenvalue weighted by Gasteiger charge is 2.22.